The van der Waals surface area contributed by atoms with Gasteiger partial charge in [-0.2, -0.15) is 0 Å². The van der Waals surface area contributed by atoms with Gasteiger partial charge in [0.25, 0.3) is 0 Å². The SMILES string of the molecule is Cc1cnc(C)c(NCC2(C)CCN(C)CC2)n1. The van der Waals surface area contributed by atoms with Crippen molar-refractivity contribution in [3.63, 3.8) is 0 Å². The molecule has 0 bridgehead atoms. The van der Waals surface area contributed by atoms with E-state index in [9.17, 15) is 0 Å². The van der Waals surface area contributed by atoms with Crippen molar-refractivity contribution in [2.45, 2.75) is 33.6 Å². The Kier molecular flexibility index (Phi) is 3.85. The molecule has 0 amide bonds. The lowest BCUT2D eigenvalue weighted by atomic mass is 9.80. The highest BCUT2D eigenvalue weighted by Gasteiger charge is 2.28. The predicted molar refractivity (Wildman–Crippen MR) is 74.8 cm³/mol. The summed E-state index contributed by atoms with van der Waals surface area (Å²) in [5.41, 5.74) is 2.33. The molecule has 2 heterocycles. The van der Waals surface area contributed by atoms with Crippen molar-refractivity contribution in [2.24, 2.45) is 5.41 Å². The number of hydrogen-bond donors (Lipinski definition) is 1. The fourth-order valence-electron chi connectivity index (χ4n) is 2.34. The first kappa shape index (κ1) is 13.3. The minimum absolute atomic E-state index is 0.379. The van der Waals surface area contributed by atoms with Crippen LogP contribution in [-0.2, 0) is 0 Å². The lowest BCUT2D eigenvalue weighted by molar-refractivity contribution is 0.150. The lowest BCUT2D eigenvalue weighted by Crippen LogP contribution is -2.40. The van der Waals surface area contributed by atoms with E-state index >= 15 is 0 Å². The molecule has 0 aromatic carbocycles. The molecule has 1 aliphatic heterocycles. The Morgan fingerprint density at radius 2 is 2.00 bits per heavy atom. The molecule has 1 aliphatic rings. The van der Waals surface area contributed by atoms with Crippen LogP contribution in [0.2, 0.25) is 0 Å². The van der Waals surface area contributed by atoms with Crippen LogP contribution in [0.4, 0.5) is 5.82 Å². The summed E-state index contributed by atoms with van der Waals surface area (Å²) in [4.78, 5) is 11.3. The second kappa shape index (κ2) is 5.22. The molecule has 100 valence electrons. The molecule has 1 fully saturated rings. The Bertz CT molecular complexity index is 408. The summed E-state index contributed by atoms with van der Waals surface area (Å²) in [6.45, 7) is 9.72. The van der Waals surface area contributed by atoms with Crippen LogP contribution < -0.4 is 5.32 Å². The van der Waals surface area contributed by atoms with Crippen LogP contribution in [0.5, 0.6) is 0 Å². The third kappa shape index (κ3) is 3.19. The molecule has 0 aliphatic carbocycles. The topological polar surface area (TPSA) is 41.1 Å². The van der Waals surface area contributed by atoms with Crippen LogP contribution in [0.3, 0.4) is 0 Å². The number of likely N-dealkylation sites (tertiary alicyclic amines) is 1. The van der Waals surface area contributed by atoms with Crippen LogP contribution >= 0.6 is 0 Å². The summed E-state index contributed by atoms with van der Waals surface area (Å²) in [5, 5.41) is 3.49. The van der Waals surface area contributed by atoms with Crippen LogP contribution in [0.15, 0.2) is 6.20 Å². The second-order valence-corrected chi connectivity index (χ2v) is 5.91. The van der Waals surface area contributed by atoms with Crippen molar-refractivity contribution < 1.29 is 0 Å². The molecule has 4 heteroatoms. The van der Waals surface area contributed by atoms with Crippen molar-refractivity contribution in [2.75, 3.05) is 32.0 Å². The molecule has 0 unspecified atom stereocenters. The monoisotopic (exact) mass is 248 g/mol. The van der Waals surface area contributed by atoms with Gasteiger partial charge in [0.15, 0.2) is 0 Å². The van der Waals surface area contributed by atoms with Crippen LogP contribution in [-0.4, -0.2) is 41.5 Å². The fourth-order valence-corrected chi connectivity index (χ4v) is 2.34. The Balaban J connectivity index is 1.96. The molecule has 1 N–H and O–H groups in total. The van der Waals surface area contributed by atoms with Crippen molar-refractivity contribution in [1.82, 2.24) is 14.9 Å². The highest BCUT2D eigenvalue weighted by atomic mass is 15.1. The molecule has 18 heavy (non-hydrogen) atoms. The number of aromatic nitrogens is 2. The van der Waals surface area contributed by atoms with E-state index in [0.29, 0.717) is 5.41 Å². The molecular formula is C14H24N4. The molecule has 2 rings (SSSR count). The number of piperidine rings is 1. The molecular weight excluding hydrogens is 224 g/mol. The number of rotatable bonds is 3. The summed E-state index contributed by atoms with van der Waals surface area (Å²) in [7, 11) is 2.20. The first-order valence-electron chi connectivity index (χ1n) is 6.71. The maximum absolute atomic E-state index is 4.52. The van der Waals surface area contributed by atoms with Gasteiger partial charge in [-0.3, -0.25) is 4.98 Å². The number of hydrogen-bond acceptors (Lipinski definition) is 4. The fraction of sp³-hybridized carbons (Fsp3) is 0.714. The van der Waals surface area contributed by atoms with Gasteiger partial charge in [0.05, 0.1) is 11.4 Å². The maximum Gasteiger partial charge on any atom is 0.147 e. The summed E-state index contributed by atoms with van der Waals surface area (Å²) >= 11 is 0. The summed E-state index contributed by atoms with van der Waals surface area (Å²) in [6, 6.07) is 0. The molecule has 1 aromatic rings. The van der Waals surface area contributed by atoms with Gasteiger partial charge in [0, 0.05) is 12.7 Å². The molecule has 4 nitrogen and oxygen atoms in total. The van der Waals surface area contributed by atoms with Gasteiger partial charge < -0.3 is 10.2 Å². The summed E-state index contributed by atoms with van der Waals surface area (Å²) < 4.78 is 0. The third-order valence-corrected chi connectivity index (χ3v) is 3.95. The van der Waals surface area contributed by atoms with Crippen molar-refractivity contribution in [1.29, 1.82) is 0 Å². The Morgan fingerprint density at radius 1 is 1.33 bits per heavy atom. The van der Waals surface area contributed by atoms with Crippen molar-refractivity contribution >= 4 is 5.82 Å². The van der Waals surface area contributed by atoms with Gasteiger partial charge in [-0.05, 0) is 52.2 Å². The summed E-state index contributed by atoms with van der Waals surface area (Å²) in [5.74, 6) is 0.940. The molecule has 1 aromatic heterocycles. The van der Waals surface area contributed by atoms with E-state index in [1.54, 1.807) is 0 Å². The van der Waals surface area contributed by atoms with Gasteiger partial charge in [-0.25, -0.2) is 4.98 Å². The average molecular weight is 248 g/mol. The first-order valence-corrected chi connectivity index (χ1v) is 6.71. The van der Waals surface area contributed by atoms with Crippen LogP contribution in [0, 0.1) is 19.3 Å². The Hall–Kier alpha value is -1.16. The quantitative estimate of drug-likeness (QED) is 0.890. The number of aryl methyl sites for hydroxylation is 2. The molecule has 0 saturated carbocycles. The number of nitrogens with one attached hydrogen (secondary N) is 1. The molecule has 0 atom stereocenters. The van der Waals surface area contributed by atoms with E-state index in [1.807, 2.05) is 20.0 Å². The minimum Gasteiger partial charge on any atom is -0.368 e. The number of nitrogens with zero attached hydrogens (tertiary/aromatic N) is 3. The zero-order valence-corrected chi connectivity index (χ0v) is 12.0. The number of anilines is 1. The second-order valence-electron chi connectivity index (χ2n) is 5.91. The maximum atomic E-state index is 4.52. The van der Waals surface area contributed by atoms with E-state index in [4.69, 9.17) is 0 Å². The smallest absolute Gasteiger partial charge is 0.147 e. The van der Waals surface area contributed by atoms with Crippen LogP contribution in [0.25, 0.3) is 0 Å². The largest absolute Gasteiger partial charge is 0.368 e. The summed E-state index contributed by atoms with van der Waals surface area (Å²) in [6.07, 6.45) is 4.31. The zero-order chi connectivity index (χ0) is 13.2. The van der Waals surface area contributed by atoms with Gasteiger partial charge in [0.1, 0.15) is 5.82 Å². The van der Waals surface area contributed by atoms with Gasteiger partial charge in [-0.15, -0.1) is 0 Å². The van der Waals surface area contributed by atoms with E-state index in [2.05, 4.69) is 34.2 Å². The van der Waals surface area contributed by atoms with Crippen molar-refractivity contribution in [3.05, 3.63) is 17.6 Å². The minimum atomic E-state index is 0.379. The highest BCUT2D eigenvalue weighted by molar-refractivity contribution is 5.39. The Morgan fingerprint density at radius 3 is 2.67 bits per heavy atom. The van der Waals surface area contributed by atoms with Crippen molar-refractivity contribution in [3.8, 4) is 0 Å². The van der Waals surface area contributed by atoms with Gasteiger partial charge in [0.2, 0.25) is 0 Å². The Labute approximate surface area is 110 Å². The standard InChI is InChI=1S/C14H24N4/c1-11-9-15-12(2)13(17-11)16-10-14(3)5-7-18(4)8-6-14/h9H,5-8,10H2,1-4H3,(H,16,17). The molecule has 0 spiro atoms. The van der Waals surface area contributed by atoms with E-state index < -0.39 is 0 Å². The lowest BCUT2D eigenvalue weighted by Gasteiger charge is -2.38. The first-order chi connectivity index (χ1) is 8.48. The van der Waals surface area contributed by atoms with E-state index in [-0.39, 0.29) is 0 Å². The van der Waals surface area contributed by atoms with Gasteiger partial charge in [-0.1, -0.05) is 6.92 Å². The average Bonchev–Trinajstić information content (AvgIpc) is 2.35. The molecule has 1 saturated heterocycles. The predicted octanol–water partition coefficient (Wildman–Crippen LogP) is 2.24. The van der Waals surface area contributed by atoms with E-state index in [0.717, 1.165) is 23.8 Å². The zero-order valence-electron chi connectivity index (χ0n) is 12.0. The van der Waals surface area contributed by atoms with Gasteiger partial charge >= 0.3 is 0 Å². The van der Waals surface area contributed by atoms with Crippen LogP contribution in [0.1, 0.15) is 31.2 Å². The highest BCUT2D eigenvalue weighted by Crippen LogP contribution is 2.30. The third-order valence-electron chi connectivity index (χ3n) is 3.95. The molecule has 0 radical (unpaired) electrons. The normalized spacial score (nSPS) is 19.8. The van der Waals surface area contributed by atoms with E-state index in [1.165, 1.54) is 25.9 Å².